The number of nitrogens with one attached hydrogen (secondary N) is 1. The number of piperazine rings is 1. The Morgan fingerprint density at radius 3 is 2.66 bits per heavy atom. The fraction of sp³-hybridized carbons (Fsp3) is 0.381. The highest BCUT2D eigenvalue weighted by Crippen LogP contribution is 2.40. The van der Waals surface area contributed by atoms with Crippen molar-refractivity contribution < 1.29 is 14.3 Å². The number of hydrogen-bond donors (Lipinski definition) is 2. The number of nitrogens with zero attached hydrogens (tertiary/aromatic N) is 4. The third kappa shape index (κ3) is 4.93. The standard InChI is InChI=1S/C21H24FN5O2S2.ClH/c1-12(2)30-20-18(26-9-7-23-8-10-26)24-21(31-20)27-17(19(28)29)16(13(3)25-27)14-5-4-6-15(22)11-14;/h4-6,11-12,23H,7-10H2,1-3H3,(H,28,29);1H. The van der Waals surface area contributed by atoms with Crippen LogP contribution in [0.3, 0.4) is 0 Å². The van der Waals surface area contributed by atoms with Crippen molar-refractivity contribution >= 4 is 47.3 Å². The first-order valence-corrected chi connectivity index (χ1v) is 11.8. The molecule has 1 fully saturated rings. The van der Waals surface area contributed by atoms with Crippen LogP contribution in [0.25, 0.3) is 16.3 Å². The molecule has 32 heavy (non-hydrogen) atoms. The summed E-state index contributed by atoms with van der Waals surface area (Å²) in [5.41, 5.74) is 1.39. The molecule has 7 nitrogen and oxygen atoms in total. The highest BCUT2D eigenvalue weighted by atomic mass is 35.5. The maximum Gasteiger partial charge on any atom is 0.355 e. The molecule has 1 aliphatic rings. The third-order valence-corrected chi connectivity index (χ3v) is 7.11. The van der Waals surface area contributed by atoms with Crippen molar-refractivity contribution in [3.63, 3.8) is 0 Å². The zero-order valence-corrected chi connectivity index (χ0v) is 20.4. The van der Waals surface area contributed by atoms with Crippen LogP contribution >= 0.6 is 35.5 Å². The first-order chi connectivity index (χ1) is 14.8. The van der Waals surface area contributed by atoms with Crippen molar-refractivity contribution in [2.75, 3.05) is 31.1 Å². The fourth-order valence-corrected chi connectivity index (χ4v) is 6.08. The van der Waals surface area contributed by atoms with Crippen molar-refractivity contribution in [2.45, 2.75) is 30.2 Å². The highest BCUT2D eigenvalue weighted by Gasteiger charge is 2.28. The molecule has 0 spiro atoms. The summed E-state index contributed by atoms with van der Waals surface area (Å²) in [6.45, 7) is 9.41. The van der Waals surface area contributed by atoms with Gasteiger partial charge in [-0.25, -0.2) is 9.18 Å². The predicted molar refractivity (Wildman–Crippen MR) is 130 cm³/mol. The molecule has 2 N–H and O–H groups in total. The number of aryl methyl sites for hydroxylation is 1. The van der Waals surface area contributed by atoms with E-state index < -0.39 is 11.8 Å². The molecule has 0 saturated carbocycles. The molecule has 0 unspecified atom stereocenters. The number of benzene rings is 1. The molecule has 4 rings (SSSR count). The Kier molecular flexibility index (Phi) is 7.81. The van der Waals surface area contributed by atoms with Gasteiger partial charge >= 0.3 is 5.97 Å². The smallest absolute Gasteiger partial charge is 0.355 e. The molecule has 0 atom stereocenters. The number of thioether (sulfide) groups is 1. The van der Waals surface area contributed by atoms with Gasteiger partial charge in [0.2, 0.25) is 5.13 Å². The Balaban J connectivity index is 0.00000289. The molecule has 2 aromatic heterocycles. The van der Waals surface area contributed by atoms with Gasteiger partial charge in [-0.2, -0.15) is 14.8 Å². The Morgan fingerprint density at radius 2 is 2.03 bits per heavy atom. The van der Waals surface area contributed by atoms with E-state index in [0.717, 1.165) is 36.2 Å². The summed E-state index contributed by atoms with van der Waals surface area (Å²) in [7, 11) is 0. The summed E-state index contributed by atoms with van der Waals surface area (Å²) < 4.78 is 16.3. The molecule has 0 amide bonds. The van der Waals surface area contributed by atoms with Crippen LogP contribution < -0.4 is 10.2 Å². The van der Waals surface area contributed by atoms with Crippen LogP contribution in [0.1, 0.15) is 30.0 Å². The second-order valence-corrected chi connectivity index (χ2v) is 10.4. The lowest BCUT2D eigenvalue weighted by molar-refractivity contribution is 0.0688. The molecular formula is C21H25ClFN5O2S2. The summed E-state index contributed by atoms with van der Waals surface area (Å²) >= 11 is 3.15. The van der Waals surface area contributed by atoms with Crippen LogP contribution in [-0.2, 0) is 0 Å². The average molecular weight is 498 g/mol. The Hall–Kier alpha value is -2.14. The third-order valence-electron chi connectivity index (χ3n) is 4.88. The van der Waals surface area contributed by atoms with Gasteiger partial charge in [-0.3, -0.25) is 0 Å². The Bertz CT molecular complexity index is 1110. The van der Waals surface area contributed by atoms with Crippen LogP contribution in [0.5, 0.6) is 0 Å². The van der Waals surface area contributed by atoms with Crippen LogP contribution in [0.15, 0.2) is 28.5 Å². The normalized spacial score (nSPS) is 14.0. The summed E-state index contributed by atoms with van der Waals surface area (Å²) in [5.74, 6) is -0.680. The first kappa shape index (κ1) is 24.5. The minimum absolute atomic E-state index is 0. The molecular weight excluding hydrogens is 473 g/mol. The number of halogens is 2. The van der Waals surface area contributed by atoms with E-state index >= 15 is 0 Å². The van der Waals surface area contributed by atoms with E-state index in [-0.39, 0.29) is 18.1 Å². The molecule has 3 heterocycles. The molecule has 0 radical (unpaired) electrons. The predicted octanol–water partition coefficient (Wildman–Crippen LogP) is 4.47. The van der Waals surface area contributed by atoms with Gasteiger partial charge in [0, 0.05) is 37.0 Å². The van der Waals surface area contributed by atoms with Gasteiger partial charge in [0.1, 0.15) is 10.0 Å². The van der Waals surface area contributed by atoms with E-state index in [2.05, 4.69) is 29.2 Å². The summed E-state index contributed by atoms with van der Waals surface area (Å²) in [4.78, 5) is 19.3. The quantitative estimate of drug-likeness (QED) is 0.486. The van der Waals surface area contributed by atoms with Crippen molar-refractivity contribution in [1.82, 2.24) is 20.1 Å². The number of hydrogen-bond acceptors (Lipinski definition) is 7. The molecule has 1 aliphatic heterocycles. The van der Waals surface area contributed by atoms with Gasteiger partial charge in [0.15, 0.2) is 11.5 Å². The average Bonchev–Trinajstić information content (AvgIpc) is 3.29. The van der Waals surface area contributed by atoms with E-state index in [1.807, 2.05) is 0 Å². The number of thiazole rings is 1. The van der Waals surface area contributed by atoms with Gasteiger partial charge < -0.3 is 15.3 Å². The van der Waals surface area contributed by atoms with Crippen molar-refractivity contribution in [2.24, 2.45) is 0 Å². The minimum Gasteiger partial charge on any atom is -0.476 e. The monoisotopic (exact) mass is 497 g/mol. The SMILES string of the molecule is Cc1nn(-c2nc(N3CCNCC3)c(SC(C)C)s2)c(C(=O)O)c1-c1cccc(F)c1.Cl. The number of aromatic carboxylic acids is 1. The number of aromatic nitrogens is 3. The van der Waals surface area contributed by atoms with Crippen molar-refractivity contribution in [3.05, 3.63) is 41.5 Å². The zero-order chi connectivity index (χ0) is 22.1. The summed E-state index contributed by atoms with van der Waals surface area (Å²) in [5, 5.41) is 18.7. The molecule has 1 saturated heterocycles. The molecule has 3 aromatic rings. The highest BCUT2D eigenvalue weighted by molar-refractivity contribution is 8.01. The van der Waals surface area contributed by atoms with Crippen LogP contribution in [0, 0.1) is 12.7 Å². The lowest BCUT2D eigenvalue weighted by atomic mass is 10.0. The van der Waals surface area contributed by atoms with Crippen LogP contribution in [0.4, 0.5) is 10.2 Å². The van der Waals surface area contributed by atoms with Crippen molar-refractivity contribution in [1.29, 1.82) is 0 Å². The van der Waals surface area contributed by atoms with E-state index in [9.17, 15) is 14.3 Å². The van der Waals surface area contributed by atoms with Gasteiger partial charge in [0.05, 0.1) is 5.69 Å². The van der Waals surface area contributed by atoms with E-state index in [1.165, 1.54) is 28.2 Å². The lowest BCUT2D eigenvalue weighted by Gasteiger charge is -2.28. The van der Waals surface area contributed by atoms with Gasteiger partial charge in [-0.1, -0.05) is 37.3 Å². The molecule has 0 aliphatic carbocycles. The molecule has 0 bridgehead atoms. The van der Waals surface area contributed by atoms with E-state index in [0.29, 0.717) is 27.2 Å². The molecule has 11 heteroatoms. The van der Waals surface area contributed by atoms with Gasteiger partial charge in [-0.05, 0) is 24.6 Å². The van der Waals surface area contributed by atoms with Crippen LogP contribution in [-0.4, -0.2) is 57.3 Å². The molecule has 1 aromatic carbocycles. The van der Waals surface area contributed by atoms with Gasteiger partial charge in [0.25, 0.3) is 0 Å². The maximum absolute atomic E-state index is 13.8. The van der Waals surface area contributed by atoms with Gasteiger partial charge in [-0.15, -0.1) is 24.2 Å². The Labute approximate surface area is 200 Å². The second-order valence-electron chi connectivity index (χ2n) is 7.55. The number of rotatable bonds is 6. The number of carbonyl (C=O) groups is 1. The second kappa shape index (κ2) is 10.2. The zero-order valence-electron chi connectivity index (χ0n) is 18.0. The number of carboxylic acids is 1. The number of anilines is 1. The van der Waals surface area contributed by atoms with Crippen molar-refractivity contribution in [3.8, 4) is 16.3 Å². The molecule has 172 valence electrons. The topological polar surface area (TPSA) is 83.3 Å². The summed E-state index contributed by atoms with van der Waals surface area (Å²) in [6, 6.07) is 5.92. The van der Waals surface area contributed by atoms with E-state index in [4.69, 9.17) is 4.98 Å². The van der Waals surface area contributed by atoms with E-state index in [1.54, 1.807) is 30.8 Å². The fourth-order valence-electron chi connectivity index (χ4n) is 3.60. The maximum atomic E-state index is 13.8. The minimum atomic E-state index is -1.13. The Morgan fingerprint density at radius 1 is 1.31 bits per heavy atom. The lowest BCUT2D eigenvalue weighted by Crippen LogP contribution is -2.43. The van der Waals surface area contributed by atoms with Crippen LogP contribution in [0.2, 0.25) is 0 Å². The number of carboxylic acid groups (broad SMARTS) is 1. The first-order valence-electron chi connectivity index (χ1n) is 10.1. The summed E-state index contributed by atoms with van der Waals surface area (Å²) in [6.07, 6.45) is 0. The largest absolute Gasteiger partial charge is 0.476 e.